The molecule has 0 radical (unpaired) electrons. The first-order valence-corrected chi connectivity index (χ1v) is 13.7. The third kappa shape index (κ3) is 7.78. The fourth-order valence-corrected chi connectivity index (χ4v) is 4.51. The number of quaternary nitrogens is 1. The lowest BCUT2D eigenvalue weighted by Crippen LogP contribution is -2.44. The van der Waals surface area contributed by atoms with Gasteiger partial charge in [-0.1, -0.05) is 20.8 Å². The molecule has 0 saturated carbocycles. The van der Waals surface area contributed by atoms with Crippen LogP contribution in [0.3, 0.4) is 0 Å². The van der Waals surface area contributed by atoms with E-state index in [1.165, 1.54) is 0 Å². The number of carbonyl (C=O) groups is 1. The van der Waals surface area contributed by atoms with Gasteiger partial charge in [0, 0.05) is 24.3 Å². The van der Waals surface area contributed by atoms with Crippen molar-refractivity contribution in [2.24, 2.45) is 16.9 Å². The van der Waals surface area contributed by atoms with Gasteiger partial charge in [0.1, 0.15) is 18.9 Å². The van der Waals surface area contributed by atoms with Crippen molar-refractivity contribution in [2.45, 2.75) is 59.8 Å². The summed E-state index contributed by atoms with van der Waals surface area (Å²) in [5.41, 5.74) is 6.28. The Morgan fingerprint density at radius 3 is 2.63 bits per heavy atom. The van der Waals surface area contributed by atoms with E-state index in [0.29, 0.717) is 24.7 Å². The Morgan fingerprint density at radius 2 is 2.00 bits per heavy atom. The van der Waals surface area contributed by atoms with Crippen molar-refractivity contribution in [3.63, 3.8) is 0 Å². The number of rotatable bonds is 13. The fourth-order valence-electron chi connectivity index (χ4n) is 4.51. The Bertz CT molecular complexity index is 1190. The van der Waals surface area contributed by atoms with Crippen molar-refractivity contribution in [1.82, 2.24) is 10.4 Å². The Kier molecular flexibility index (Phi) is 10.3. The first-order valence-electron chi connectivity index (χ1n) is 13.7. The molecule has 0 spiro atoms. The highest BCUT2D eigenvalue weighted by atomic mass is 16.5. The number of hydrazone groups is 1. The molecule has 2 unspecified atom stereocenters. The zero-order chi connectivity index (χ0) is 27.7. The van der Waals surface area contributed by atoms with Crippen LogP contribution < -0.4 is 10.2 Å². The third-order valence-electron chi connectivity index (χ3n) is 7.28. The maximum atomic E-state index is 11.8. The van der Waals surface area contributed by atoms with Gasteiger partial charge in [0.2, 0.25) is 11.8 Å². The summed E-state index contributed by atoms with van der Waals surface area (Å²) in [6.45, 7) is 10.6. The second-order valence-electron chi connectivity index (χ2n) is 10.6. The van der Waals surface area contributed by atoms with Crippen molar-refractivity contribution in [2.75, 3.05) is 33.8 Å². The Labute approximate surface area is 227 Å². The van der Waals surface area contributed by atoms with Crippen LogP contribution >= 0.6 is 0 Å². The number of nitriles is 1. The second-order valence-corrected chi connectivity index (χ2v) is 10.6. The summed E-state index contributed by atoms with van der Waals surface area (Å²) >= 11 is 0. The number of allylic oxidation sites excluding steroid dienone is 1. The Balaban J connectivity index is 1.64. The molecule has 1 amide bonds. The lowest BCUT2D eigenvalue weighted by molar-refractivity contribution is -0.890. The highest BCUT2D eigenvalue weighted by Gasteiger charge is 2.25. The standard InChI is InChI=1S/C30H41N5O3/c1-7-22(20-31)14-15-35(5,6)16-17-37-26-12-10-25(11-13-26)30-32-21(4)27(38-30)18-23(8-2)29-24(9-3)19-28(36)33-34-29/h10-13,18,22,24H,7-9,14-17,19H2,1-6H3/p+1. The van der Waals surface area contributed by atoms with Gasteiger partial charge in [0.25, 0.3) is 0 Å². The average molecular weight is 521 g/mol. The van der Waals surface area contributed by atoms with Crippen molar-refractivity contribution in [3.05, 3.63) is 41.3 Å². The molecule has 8 heteroatoms. The zero-order valence-corrected chi connectivity index (χ0v) is 23.7. The topological polar surface area (TPSA) is 101 Å². The van der Waals surface area contributed by atoms with Gasteiger partial charge in [-0.2, -0.15) is 10.4 Å². The molecular weight excluding hydrogens is 478 g/mol. The van der Waals surface area contributed by atoms with Crippen LogP contribution in [-0.2, 0) is 4.79 Å². The van der Waals surface area contributed by atoms with Crippen molar-refractivity contribution in [3.8, 4) is 23.3 Å². The molecule has 204 valence electrons. The summed E-state index contributed by atoms with van der Waals surface area (Å²) in [5.74, 6) is 2.26. The average Bonchev–Trinajstić information content (AvgIpc) is 3.28. The third-order valence-corrected chi connectivity index (χ3v) is 7.28. The van der Waals surface area contributed by atoms with E-state index in [1.54, 1.807) is 0 Å². The van der Waals surface area contributed by atoms with Crippen molar-refractivity contribution in [1.29, 1.82) is 5.26 Å². The number of carbonyl (C=O) groups excluding carboxylic acids is 1. The highest BCUT2D eigenvalue weighted by molar-refractivity contribution is 6.08. The maximum absolute atomic E-state index is 11.8. The van der Waals surface area contributed by atoms with E-state index in [9.17, 15) is 10.1 Å². The molecule has 0 aliphatic carbocycles. The number of nitrogens with one attached hydrogen (secondary N) is 1. The summed E-state index contributed by atoms with van der Waals surface area (Å²) in [4.78, 5) is 16.4. The molecule has 2 heterocycles. The van der Waals surface area contributed by atoms with Gasteiger partial charge in [-0.15, -0.1) is 0 Å². The molecule has 0 bridgehead atoms. The van der Waals surface area contributed by atoms with Crippen LogP contribution in [0.4, 0.5) is 0 Å². The maximum Gasteiger partial charge on any atom is 0.240 e. The predicted molar refractivity (Wildman–Crippen MR) is 150 cm³/mol. The van der Waals surface area contributed by atoms with E-state index in [0.717, 1.165) is 71.5 Å². The minimum absolute atomic E-state index is 0.0369. The molecule has 1 aliphatic heterocycles. The molecular formula is C30H42N5O3+. The molecule has 38 heavy (non-hydrogen) atoms. The van der Waals surface area contributed by atoms with E-state index in [-0.39, 0.29) is 17.7 Å². The van der Waals surface area contributed by atoms with Crippen LogP contribution in [0.2, 0.25) is 0 Å². The Morgan fingerprint density at radius 1 is 1.26 bits per heavy atom. The molecule has 3 rings (SSSR count). The van der Waals surface area contributed by atoms with Gasteiger partial charge in [0.15, 0.2) is 5.76 Å². The van der Waals surface area contributed by atoms with E-state index in [4.69, 9.17) is 9.15 Å². The molecule has 0 fully saturated rings. The molecule has 8 nitrogen and oxygen atoms in total. The van der Waals surface area contributed by atoms with E-state index < -0.39 is 0 Å². The normalized spacial score (nSPS) is 17.0. The number of aryl methyl sites for hydroxylation is 1. The summed E-state index contributed by atoms with van der Waals surface area (Å²) in [7, 11) is 4.35. The van der Waals surface area contributed by atoms with Crippen molar-refractivity contribution < 1.29 is 18.4 Å². The summed E-state index contributed by atoms with van der Waals surface area (Å²) in [6, 6.07) is 10.2. The van der Waals surface area contributed by atoms with Gasteiger partial charge in [-0.3, -0.25) is 4.79 Å². The SMILES string of the molecule is CCC(=Cc1oc(-c2ccc(OCC[N+](C)(C)CCC(C#N)CC)cc2)nc1C)C1=NNC(=O)CC1CC. The van der Waals surface area contributed by atoms with Gasteiger partial charge in [0.05, 0.1) is 44.0 Å². The monoisotopic (exact) mass is 520 g/mol. The molecule has 1 aromatic heterocycles. The minimum Gasteiger partial charge on any atom is -0.488 e. The zero-order valence-electron chi connectivity index (χ0n) is 23.7. The molecule has 2 aromatic rings. The molecule has 1 aromatic carbocycles. The first-order chi connectivity index (χ1) is 18.2. The summed E-state index contributed by atoms with van der Waals surface area (Å²) < 4.78 is 13.0. The minimum atomic E-state index is -0.0369. The number of aromatic nitrogens is 1. The number of benzene rings is 1. The number of ether oxygens (including phenoxy) is 1. The number of hydrogen-bond donors (Lipinski definition) is 1. The van der Waals surface area contributed by atoms with Crippen LogP contribution in [0.25, 0.3) is 17.5 Å². The van der Waals surface area contributed by atoms with E-state index >= 15 is 0 Å². The molecule has 0 saturated heterocycles. The molecule has 2 atom stereocenters. The number of nitrogens with zero attached hydrogens (tertiary/aromatic N) is 4. The van der Waals surface area contributed by atoms with Gasteiger partial charge < -0.3 is 13.6 Å². The van der Waals surface area contributed by atoms with Gasteiger partial charge in [-0.05, 0) is 62.1 Å². The predicted octanol–water partition coefficient (Wildman–Crippen LogP) is 5.74. The summed E-state index contributed by atoms with van der Waals surface area (Å²) in [5, 5.41) is 13.5. The van der Waals surface area contributed by atoms with E-state index in [1.807, 2.05) is 37.3 Å². The highest BCUT2D eigenvalue weighted by Crippen LogP contribution is 2.28. The largest absolute Gasteiger partial charge is 0.488 e. The Hall–Kier alpha value is -3.44. The van der Waals surface area contributed by atoms with Crippen LogP contribution in [0.5, 0.6) is 5.75 Å². The van der Waals surface area contributed by atoms with Gasteiger partial charge in [-0.25, -0.2) is 10.4 Å². The van der Waals surface area contributed by atoms with Crippen LogP contribution in [0.1, 0.15) is 64.3 Å². The second kappa shape index (κ2) is 13.4. The number of likely N-dealkylation sites (N-methyl/N-ethyl adjacent to an activating group) is 1. The lowest BCUT2D eigenvalue weighted by atomic mass is 9.88. The quantitative estimate of drug-likeness (QED) is 0.339. The fraction of sp³-hybridized carbons (Fsp3) is 0.533. The van der Waals surface area contributed by atoms with Crippen LogP contribution in [0.15, 0.2) is 39.4 Å². The number of oxazole rings is 1. The smallest absolute Gasteiger partial charge is 0.240 e. The van der Waals surface area contributed by atoms with Gasteiger partial charge >= 0.3 is 0 Å². The first kappa shape index (κ1) is 29.1. The van der Waals surface area contributed by atoms with Crippen LogP contribution in [0, 0.1) is 30.1 Å². The number of hydrogen-bond acceptors (Lipinski definition) is 6. The van der Waals surface area contributed by atoms with Crippen LogP contribution in [-0.4, -0.2) is 54.9 Å². The molecule has 1 N–H and O–H groups in total. The molecule has 1 aliphatic rings. The lowest BCUT2D eigenvalue weighted by Gasteiger charge is -2.30. The number of amides is 1. The summed E-state index contributed by atoms with van der Waals surface area (Å²) in [6.07, 6.45) is 5.90. The van der Waals surface area contributed by atoms with Crippen molar-refractivity contribution >= 4 is 17.7 Å². The van der Waals surface area contributed by atoms with E-state index in [2.05, 4.69) is 56.4 Å².